The molecule has 6 rings (SSSR count). The average Bonchev–Trinajstić information content (AvgIpc) is 2.92. The Balaban J connectivity index is 1.40. The average molecular weight is 470 g/mol. The minimum absolute atomic E-state index is 0.0421. The summed E-state index contributed by atoms with van der Waals surface area (Å²) in [6.07, 6.45) is 1.12. The molecule has 2 aromatic carbocycles. The normalized spacial score (nSPS) is 27.9. The van der Waals surface area contributed by atoms with Crippen LogP contribution in [0.2, 0.25) is 0 Å². The van der Waals surface area contributed by atoms with E-state index in [0.29, 0.717) is 24.6 Å². The first kappa shape index (κ1) is 22.2. The molecule has 4 atom stereocenters. The number of hydrogen-bond acceptors (Lipinski definition) is 6. The van der Waals surface area contributed by atoms with Gasteiger partial charge in [-0.3, -0.25) is 4.79 Å². The molecule has 1 aliphatic carbocycles. The van der Waals surface area contributed by atoms with E-state index in [-0.39, 0.29) is 40.6 Å². The fourth-order valence-electron chi connectivity index (χ4n) is 6.28. The van der Waals surface area contributed by atoms with E-state index in [1.807, 2.05) is 24.0 Å². The van der Waals surface area contributed by atoms with Crippen LogP contribution in [0.1, 0.15) is 30.6 Å². The van der Waals surface area contributed by atoms with Crippen molar-refractivity contribution in [3.05, 3.63) is 54.1 Å². The maximum atomic E-state index is 13.6. The SMILES string of the molecule is CCOc1ccc(N2C[C@@H]3CC4(C)C3N(C(=O)c3cccc(S(=O)(=O)CCN)c3)C[C@@H]24)cc1. The van der Waals surface area contributed by atoms with Gasteiger partial charge in [0.25, 0.3) is 5.91 Å². The summed E-state index contributed by atoms with van der Waals surface area (Å²) in [5, 5.41) is 0. The number of piperidine rings is 2. The molecule has 3 saturated heterocycles. The molecule has 2 unspecified atom stereocenters. The van der Waals surface area contributed by atoms with E-state index in [1.165, 1.54) is 12.1 Å². The van der Waals surface area contributed by atoms with Crippen molar-refractivity contribution >= 4 is 21.4 Å². The van der Waals surface area contributed by atoms with Gasteiger partial charge in [0, 0.05) is 42.3 Å². The number of benzene rings is 2. The van der Waals surface area contributed by atoms with Crippen LogP contribution in [-0.2, 0) is 9.84 Å². The van der Waals surface area contributed by atoms with Crippen LogP contribution in [0.25, 0.3) is 0 Å². The third kappa shape index (κ3) is 3.51. The highest BCUT2D eigenvalue weighted by Gasteiger charge is 2.68. The number of fused-ring (bicyclic) bond motifs is 1. The Morgan fingerprint density at radius 3 is 2.64 bits per heavy atom. The Morgan fingerprint density at radius 2 is 1.94 bits per heavy atom. The van der Waals surface area contributed by atoms with E-state index in [1.54, 1.807) is 12.1 Å². The van der Waals surface area contributed by atoms with Crippen molar-refractivity contribution in [3.8, 4) is 5.75 Å². The fourth-order valence-corrected chi connectivity index (χ4v) is 7.42. The molecule has 4 fully saturated rings. The number of carbonyl (C=O) groups is 1. The predicted molar refractivity (Wildman–Crippen MR) is 127 cm³/mol. The number of amides is 1. The van der Waals surface area contributed by atoms with Gasteiger partial charge in [-0.1, -0.05) is 13.0 Å². The highest BCUT2D eigenvalue weighted by Crippen LogP contribution is 2.61. The van der Waals surface area contributed by atoms with Crippen LogP contribution in [0.5, 0.6) is 5.75 Å². The van der Waals surface area contributed by atoms with E-state index in [4.69, 9.17) is 10.5 Å². The van der Waals surface area contributed by atoms with Crippen LogP contribution in [0, 0.1) is 11.3 Å². The minimum atomic E-state index is -3.49. The van der Waals surface area contributed by atoms with Crippen LogP contribution in [0.15, 0.2) is 53.4 Å². The summed E-state index contributed by atoms with van der Waals surface area (Å²) < 4.78 is 30.5. The molecule has 7 nitrogen and oxygen atoms in total. The summed E-state index contributed by atoms with van der Waals surface area (Å²) in [5.74, 6) is 1.06. The zero-order chi connectivity index (χ0) is 23.4. The summed E-state index contributed by atoms with van der Waals surface area (Å²) in [6.45, 7) is 6.52. The van der Waals surface area contributed by atoms with Crippen molar-refractivity contribution < 1.29 is 17.9 Å². The molecule has 0 aromatic heterocycles. The van der Waals surface area contributed by atoms with E-state index >= 15 is 0 Å². The molecule has 1 amide bonds. The standard InChI is InChI=1S/C25H31N3O4S/c1-3-32-20-9-7-19(8-10-20)27-15-18-14-25(2)22(27)16-28(23(18)25)24(29)17-5-4-6-21(13-17)33(30,31)12-11-26/h4-10,13,18,22-23H,3,11-12,14-16,26H2,1-2H3/t18-,22+,23?,25?/m0/s1. The zero-order valence-corrected chi connectivity index (χ0v) is 19.9. The number of hydrogen-bond donors (Lipinski definition) is 1. The molecule has 33 heavy (non-hydrogen) atoms. The van der Waals surface area contributed by atoms with Gasteiger partial charge >= 0.3 is 0 Å². The molecular weight excluding hydrogens is 438 g/mol. The number of sulfone groups is 1. The lowest BCUT2D eigenvalue weighted by molar-refractivity contribution is -0.0299. The van der Waals surface area contributed by atoms with Gasteiger partial charge in [-0.2, -0.15) is 0 Å². The zero-order valence-electron chi connectivity index (χ0n) is 19.1. The minimum Gasteiger partial charge on any atom is -0.494 e. The number of nitrogens with two attached hydrogens (primary N) is 1. The monoisotopic (exact) mass is 469 g/mol. The third-order valence-electron chi connectivity index (χ3n) is 7.67. The summed E-state index contributed by atoms with van der Waals surface area (Å²) in [6, 6.07) is 15.0. The Morgan fingerprint density at radius 1 is 1.18 bits per heavy atom. The smallest absolute Gasteiger partial charge is 0.254 e. The van der Waals surface area contributed by atoms with E-state index < -0.39 is 9.84 Å². The summed E-state index contributed by atoms with van der Waals surface area (Å²) in [7, 11) is -3.49. The van der Waals surface area contributed by atoms with Gasteiger partial charge in [0.1, 0.15) is 5.75 Å². The first-order valence-corrected chi connectivity index (χ1v) is 13.3. The van der Waals surface area contributed by atoms with Crippen molar-refractivity contribution in [1.29, 1.82) is 0 Å². The van der Waals surface area contributed by atoms with Crippen LogP contribution >= 0.6 is 0 Å². The Kier molecular flexibility index (Phi) is 5.40. The number of ether oxygens (including phenoxy) is 1. The van der Waals surface area contributed by atoms with Gasteiger partial charge < -0.3 is 20.3 Å². The maximum Gasteiger partial charge on any atom is 0.254 e. The first-order valence-electron chi connectivity index (χ1n) is 11.6. The Labute approximate surface area is 195 Å². The second-order valence-corrected chi connectivity index (χ2v) is 11.7. The number of rotatable bonds is 7. The predicted octanol–water partition coefficient (Wildman–Crippen LogP) is 2.56. The van der Waals surface area contributed by atoms with Crippen LogP contribution in [0.4, 0.5) is 5.69 Å². The third-order valence-corrected chi connectivity index (χ3v) is 9.41. The van der Waals surface area contributed by atoms with Gasteiger partial charge in [-0.25, -0.2) is 8.42 Å². The lowest BCUT2D eigenvalue weighted by Gasteiger charge is -2.61. The molecule has 0 radical (unpaired) electrons. The second-order valence-electron chi connectivity index (χ2n) is 9.60. The van der Waals surface area contributed by atoms with Crippen molar-refractivity contribution in [2.45, 2.75) is 37.2 Å². The van der Waals surface area contributed by atoms with Gasteiger partial charge in [0.05, 0.1) is 23.3 Å². The van der Waals surface area contributed by atoms with Crippen LogP contribution in [-0.4, -0.2) is 63.3 Å². The van der Waals surface area contributed by atoms with Gasteiger partial charge in [-0.15, -0.1) is 0 Å². The molecule has 176 valence electrons. The maximum absolute atomic E-state index is 13.6. The molecule has 8 heteroatoms. The molecule has 2 aromatic rings. The molecule has 4 aliphatic rings. The van der Waals surface area contributed by atoms with Crippen molar-refractivity contribution in [3.63, 3.8) is 0 Å². The van der Waals surface area contributed by atoms with Crippen LogP contribution < -0.4 is 15.4 Å². The number of likely N-dealkylation sites (tertiary alicyclic amines) is 1. The number of carbonyl (C=O) groups excluding carboxylic acids is 1. The van der Waals surface area contributed by atoms with Gasteiger partial charge in [-0.05, 0) is 61.7 Å². The second kappa shape index (κ2) is 8.02. The van der Waals surface area contributed by atoms with Gasteiger partial charge in [0.15, 0.2) is 9.84 Å². The van der Waals surface area contributed by atoms with Gasteiger partial charge in [0.2, 0.25) is 0 Å². The van der Waals surface area contributed by atoms with Crippen molar-refractivity contribution in [2.24, 2.45) is 17.1 Å². The highest BCUT2D eigenvalue weighted by atomic mass is 32.2. The quantitative estimate of drug-likeness (QED) is 0.670. The Bertz CT molecular complexity index is 1170. The van der Waals surface area contributed by atoms with E-state index in [2.05, 4.69) is 24.0 Å². The van der Waals surface area contributed by atoms with Crippen LogP contribution in [0.3, 0.4) is 0 Å². The summed E-state index contributed by atoms with van der Waals surface area (Å²) in [4.78, 5) is 18.2. The van der Waals surface area contributed by atoms with Crippen molar-refractivity contribution in [1.82, 2.24) is 4.90 Å². The Hall–Kier alpha value is -2.58. The van der Waals surface area contributed by atoms with E-state index in [0.717, 1.165) is 24.4 Å². The highest BCUT2D eigenvalue weighted by molar-refractivity contribution is 7.91. The lowest BCUT2D eigenvalue weighted by atomic mass is 9.54. The molecular formula is C25H31N3O4S. The topological polar surface area (TPSA) is 92.9 Å². The lowest BCUT2D eigenvalue weighted by Crippen LogP contribution is -2.68. The fraction of sp³-hybridized carbons (Fsp3) is 0.480. The molecule has 2 N–H and O–H groups in total. The summed E-state index contributed by atoms with van der Waals surface area (Å²) >= 11 is 0. The molecule has 0 spiro atoms. The van der Waals surface area contributed by atoms with E-state index in [9.17, 15) is 13.2 Å². The van der Waals surface area contributed by atoms with Crippen molar-refractivity contribution in [2.75, 3.05) is 36.9 Å². The summed E-state index contributed by atoms with van der Waals surface area (Å²) in [5.41, 5.74) is 7.08. The molecule has 1 saturated carbocycles. The molecule has 3 heterocycles. The number of nitrogens with zero attached hydrogens (tertiary/aromatic N) is 2. The largest absolute Gasteiger partial charge is 0.494 e. The first-order chi connectivity index (χ1) is 15.8. The molecule has 3 aliphatic heterocycles. The number of anilines is 1. The molecule has 4 bridgehead atoms.